The molecule has 2 aromatic carbocycles. The second-order valence-corrected chi connectivity index (χ2v) is 6.95. The van der Waals surface area contributed by atoms with Crippen molar-refractivity contribution in [1.82, 2.24) is 15.2 Å². The molecule has 1 amide bonds. The molecule has 0 aliphatic heterocycles. The zero-order valence-corrected chi connectivity index (χ0v) is 17.2. The molecule has 1 N–H and O–H groups in total. The highest BCUT2D eigenvalue weighted by atomic mass is 16.5. The molecule has 0 radical (unpaired) electrons. The number of pyridine rings is 1. The first-order valence-corrected chi connectivity index (χ1v) is 10.3. The van der Waals surface area contributed by atoms with Gasteiger partial charge in [0.2, 0.25) is 0 Å². The third kappa shape index (κ3) is 5.78. The predicted octanol–water partition coefficient (Wildman–Crippen LogP) is 4.28. The van der Waals surface area contributed by atoms with E-state index in [0.29, 0.717) is 18.7 Å². The largest absolute Gasteiger partial charge is 0.491 e. The Morgan fingerprint density at radius 2 is 1.79 bits per heavy atom. The Balaban J connectivity index is 1.43. The first-order valence-electron chi connectivity index (χ1n) is 10.3. The fraction of sp³-hybridized carbons (Fsp3) is 0.333. The van der Waals surface area contributed by atoms with Gasteiger partial charge in [0.05, 0.1) is 6.61 Å². The summed E-state index contributed by atoms with van der Waals surface area (Å²) in [5.41, 5.74) is 2.78. The molecule has 0 saturated carbocycles. The monoisotopic (exact) mass is 391 g/mol. The van der Waals surface area contributed by atoms with Crippen LogP contribution in [0, 0.1) is 0 Å². The molecule has 0 aliphatic carbocycles. The molecule has 5 nitrogen and oxygen atoms in total. The highest BCUT2D eigenvalue weighted by Gasteiger charge is 2.07. The molecule has 152 valence electrons. The molecule has 0 bridgehead atoms. The van der Waals surface area contributed by atoms with Gasteiger partial charge >= 0.3 is 0 Å². The number of benzene rings is 2. The number of carbonyl (C=O) groups is 1. The van der Waals surface area contributed by atoms with Gasteiger partial charge in [0.1, 0.15) is 11.3 Å². The molecule has 3 rings (SSSR count). The summed E-state index contributed by atoms with van der Waals surface area (Å²) in [6.07, 6.45) is 2.50. The quantitative estimate of drug-likeness (QED) is 0.524. The summed E-state index contributed by atoms with van der Waals surface area (Å²) >= 11 is 0. The maximum absolute atomic E-state index is 12.3. The smallest absolute Gasteiger partial charge is 0.251 e. The topological polar surface area (TPSA) is 54.5 Å². The molecule has 0 unspecified atom stereocenters. The van der Waals surface area contributed by atoms with Gasteiger partial charge in [0.25, 0.3) is 5.91 Å². The van der Waals surface area contributed by atoms with Gasteiger partial charge in [-0.3, -0.25) is 14.7 Å². The molecule has 29 heavy (non-hydrogen) atoms. The lowest BCUT2D eigenvalue weighted by Gasteiger charge is -2.18. The van der Waals surface area contributed by atoms with Gasteiger partial charge in [-0.15, -0.1) is 0 Å². The molecule has 0 aliphatic rings. The van der Waals surface area contributed by atoms with Crippen molar-refractivity contribution in [3.63, 3.8) is 0 Å². The Morgan fingerprint density at radius 3 is 2.55 bits per heavy atom. The van der Waals surface area contributed by atoms with E-state index in [1.807, 2.05) is 54.6 Å². The van der Waals surface area contributed by atoms with Crippen LogP contribution in [-0.4, -0.2) is 42.0 Å². The Hall–Kier alpha value is -2.92. The summed E-state index contributed by atoms with van der Waals surface area (Å²) in [7, 11) is 0. The number of nitrogens with one attached hydrogen (secondary N) is 1. The van der Waals surface area contributed by atoms with E-state index in [-0.39, 0.29) is 5.91 Å². The van der Waals surface area contributed by atoms with Gasteiger partial charge in [-0.2, -0.15) is 0 Å². The minimum absolute atomic E-state index is 0.0498. The van der Waals surface area contributed by atoms with E-state index in [1.165, 1.54) is 5.56 Å². The van der Waals surface area contributed by atoms with Gasteiger partial charge in [0.15, 0.2) is 0 Å². The predicted molar refractivity (Wildman–Crippen MR) is 117 cm³/mol. The van der Waals surface area contributed by atoms with Crippen LogP contribution in [-0.2, 0) is 6.54 Å². The van der Waals surface area contributed by atoms with Gasteiger partial charge in [-0.1, -0.05) is 44.2 Å². The SMILES string of the molecule is CCN(CC)Cc1ccc(C(=O)NCCCOc2cccc3cccnc23)cc1. The van der Waals surface area contributed by atoms with Gasteiger partial charge in [-0.25, -0.2) is 0 Å². The van der Waals surface area contributed by atoms with Crippen molar-refractivity contribution in [2.75, 3.05) is 26.2 Å². The molecular weight excluding hydrogens is 362 g/mol. The molecule has 0 saturated heterocycles. The van der Waals surface area contributed by atoms with Gasteiger partial charge in [0, 0.05) is 30.2 Å². The fourth-order valence-corrected chi connectivity index (χ4v) is 3.22. The number of rotatable bonds is 10. The second kappa shape index (κ2) is 10.6. The molecule has 3 aromatic rings. The van der Waals surface area contributed by atoms with Crippen LogP contribution >= 0.6 is 0 Å². The van der Waals surface area contributed by atoms with Crippen molar-refractivity contribution in [2.24, 2.45) is 0 Å². The first-order chi connectivity index (χ1) is 14.2. The van der Waals surface area contributed by atoms with Crippen molar-refractivity contribution in [1.29, 1.82) is 0 Å². The Bertz CT molecular complexity index is 916. The van der Waals surface area contributed by atoms with Crippen LogP contribution in [0.15, 0.2) is 60.8 Å². The lowest BCUT2D eigenvalue weighted by atomic mass is 10.1. The fourth-order valence-electron chi connectivity index (χ4n) is 3.22. The minimum atomic E-state index is -0.0498. The number of para-hydroxylation sites is 1. The number of carbonyl (C=O) groups excluding carboxylic acids is 1. The summed E-state index contributed by atoms with van der Waals surface area (Å²) in [6, 6.07) is 17.7. The van der Waals surface area contributed by atoms with E-state index in [4.69, 9.17) is 4.74 Å². The maximum atomic E-state index is 12.3. The van der Waals surface area contributed by atoms with Crippen molar-refractivity contribution in [3.05, 3.63) is 71.9 Å². The number of aromatic nitrogens is 1. The third-order valence-corrected chi connectivity index (χ3v) is 4.98. The molecule has 1 aromatic heterocycles. The molecule has 1 heterocycles. The average Bonchev–Trinajstić information content (AvgIpc) is 2.77. The van der Waals surface area contributed by atoms with Crippen molar-refractivity contribution in [3.8, 4) is 5.75 Å². The average molecular weight is 392 g/mol. The van der Waals surface area contributed by atoms with Crippen LogP contribution in [0.1, 0.15) is 36.2 Å². The lowest BCUT2D eigenvalue weighted by Crippen LogP contribution is -2.25. The summed E-state index contributed by atoms with van der Waals surface area (Å²) in [5.74, 6) is 0.726. The van der Waals surface area contributed by atoms with Gasteiger partial charge < -0.3 is 10.1 Å². The molecule has 0 spiro atoms. The summed E-state index contributed by atoms with van der Waals surface area (Å²) < 4.78 is 5.86. The van der Waals surface area contributed by atoms with Crippen LogP contribution < -0.4 is 10.1 Å². The van der Waals surface area contributed by atoms with Crippen molar-refractivity contribution in [2.45, 2.75) is 26.8 Å². The number of hydrogen-bond acceptors (Lipinski definition) is 4. The standard InChI is InChI=1S/C24H29N3O2/c1-3-27(4-2)18-19-11-13-21(14-12-19)24(28)26-16-7-17-29-22-10-5-8-20-9-6-15-25-23(20)22/h5-6,8-15H,3-4,7,16-18H2,1-2H3,(H,26,28). The van der Waals surface area contributed by atoms with Crippen molar-refractivity contribution >= 4 is 16.8 Å². The highest BCUT2D eigenvalue weighted by Crippen LogP contribution is 2.22. The van der Waals surface area contributed by atoms with E-state index in [2.05, 4.69) is 29.0 Å². The Labute approximate surface area is 172 Å². The highest BCUT2D eigenvalue weighted by molar-refractivity contribution is 5.94. The van der Waals surface area contributed by atoms with Crippen LogP contribution in [0.3, 0.4) is 0 Å². The second-order valence-electron chi connectivity index (χ2n) is 6.95. The Kier molecular flexibility index (Phi) is 7.59. The van der Waals surface area contributed by atoms with Crippen molar-refractivity contribution < 1.29 is 9.53 Å². The first kappa shape index (κ1) is 20.8. The van der Waals surface area contributed by atoms with Crippen LogP contribution in [0.2, 0.25) is 0 Å². The molecular formula is C24H29N3O2. The maximum Gasteiger partial charge on any atom is 0.251 e. The molecule has 0 fully saturated rings. The van der Waals surface area contributed by atoms with Gasteiger partial charge in [-0.05, 0) is 49.3 Å². The van der Waals surface area contributed by atoms with Crippen LogP contribution in [0.4, 0.5) is 0 Å². The van der Waals surface area contributed by atoms with E-state index in [0.717, 1.165) is 42.7 Å². The third-order valence-electron chi connectivity index (χ3n) is 4.98. The van der Waals surface area contributed by atoms with E-state index < -0.39 is 0 Å². The summed E-state index contributed by atoms with van der Waals surface area (Å²) in [6.45, 7) is 8.37. The zero-order chi connectivity index (χ0) is 20.5. The lowest BCUT2D eigenvalue weighted by molar-refractivity contribution is 0.0951. The van der Waals surface area contributed by atoms with E-state index >= 15 is 0 Å². The van der Waals surface area contributed by atoms with Crippen LogP contribution in [0.5, 0.6) is 5.75 Å². The Morgan fingerprint density at radius 1 is 1.03 bits per heavy atom. The number of hydrogen-bond donors (Lipinski definition) is 1. The number of ether oxygens (including phenoxy) is 1. The van der Waals surface area contributed by atoms with E-state index in [9.17, 15) is 4.79 Å². The van der Waals surface area contributed by atoms with E-state index in [1.54, 1.807) is 6.20 Å². The number of amides is 1. The number of nitrogens with zero attached hydrogens (tertiary/aromatic N) is 2. The summed E-state index contributed by atoms with van der Waals surface area (Å²) in [4.78, 5) is 19.1. The molecule has 0 atom stereocenters. The molecule has 5 heteroatoms. The normalized spacial score (nSPS) is 11.0. The summed E-state index contributed by atoms with van der Waals surface area (Å²) in [5, 5.41) is 4.02. The minimum Gasteiger partial charge on any atom is -0.491 e. The van der Waals surface area contributed by atoms with Crippen LogP contribution in [0.25, 0.3) is 10.9 Å². The zero-order valence-electron chi connectivity index (χ0n) is 17.2. The number of fused-ring (bicyclic) bond motifs is 1.